The molecule has 0 bridgehead atoms. The smallest absolute Gasteiger partial charge is 0.230 e. The highest BCUT2D eigenvalue weighted by atomic mass is 32.1. The fourth-order valence-corrected chi connectivity index (χ4v) is 2.76. The lowest BCUT2D eigenvalue weighted by Crippen LogP contribution is -2.29. The normalized spacial score (nSPS) is 19.9. The zero-order chi connectivity index (χ0) is 12.4. The first-order valence-electron chi connectivity index (χ1n) is 5.93. The molecule has 1 aliphatic heterocycles. The SMILES string of the molecule is O=C(Nc1snc2ncccc12)[C@H]1CCCOC1. The molecule has 0 aromatic carbocycles. The van der Waals surface area contributed by atoms with Crippen LogP contribution in [0.2, 0.25) is 0 Å². The van der Waals surface area contributed by atoms with Crippen LogP contribution in [0.15, 0.2) is 18.3 Å². The molecule has 3 heterocycles. The molecule has 1 aliphatic rings. The fraction of sp³-hybridized carbons (Fsp3) is 0.417. The van der Waals surface area contributed by atoms with Gasteiger partial charge in [-0.2, -0.15) is 4.37 Å². The quantitative estimate of drug-likeness (QED) is 0.900. The maximum Gasteiger partial charge on any atom is 0.230 e. The van der Waals surface area contributed by atoms with Crippen LogP contribution < -0.4 is 5.32 Å². The Bertz CT molecular complexity index is 563. The van der Waals surface area contributed by atoms with Crippen molar-refractivity contribution in [3.05, 3.63) is 18.3 Å². The van der Waals surface area contributed by atoms with Crippen LogP contribution in [0, 0.1) is 5.92 Å². The monoisotopic (exact) mass is 263 g/mol. The first-order valence-corrected chi connectivity index (χ1v) is 6.71. The molecule has 94 valence electrons. The van der Waals surface area contributed by atoms with Crippen molar-refractivity contribution >= 4 is 33.5 Å². The van der Waals surface area contributed by atoms with E-state index in [4.69, 9.17) is 4.74 Å². The van der Waals surface area contributed by atoms with Crippen LogP contribution >= 0.6 is 11.5 Å². The summed E-state index contributed by atoms with van der Waals surface area (Å²) >= 11 is 1.27. The summed E-state index contributed by atoms with van der Waals surface area (Å²) in [6.07, 6.45) is 3.53. The molecule has 2 aromatic heterocycles. The lowest BCUT2D eigenvalue weighted by molar-refractivity contribution is -0.123. The van der Waals surface area contributed by atoms with Crippen molar-refractivity contribution in [1.29, 1.82) is 0 Å². The van der Waals surface area contributed by atoms with Crippen LogP contribution in [0.25, 0.3) is 11.0 Å². The number of hydrogen-bond donors (Lipinski definition) is 1. The average molecular weight is 263 g/mol. The van der Waals surface area contributed by atoms with Crippen LogP contribution in [0.5, 0.6) is 0 Å². The molecule has 2 aromatic rings. The summed E-state index contributed by atoms with van der Waals surface area (Å²) in [7, 11) is 0. The van der Waals surface area contributed by atoms with Gasteiger partial charge >= 0.3 is 0 Å². The minimum Gasteiger partial charge on any atom is -0.381 e. The lowest BCUT2D eigenvalue weighted by Gasteiger charge is -2.20. The van der Waals surface area contributed by atoms with Crippen molar-refractivity contribution in [2.45, 2.75) is 12.8 Å². The molecule has 5 nitrogen and oxygen atoms in total. The van der Waals surface area contributed by atoms with E-state index < -0.39 is 0 Å². The number of nitrogens with one attached hydrogen (secondary N) is 1. The third-order valence-electron chi connectivity index (χ3n) is 3.02. The van der Waals surface area contributed by atoms with Crippen molar-refractivity contribution in [3.8, 4) is 0 Å². The van der Waals surface area contributed by atoms with E-state index in [0.29, 0.717) is 12.3 Å². The Kier molecular flexibility index (Phi) is 3.21. The van der Waals surface area contributed by atoms with Gasteiger partial charge in [0.15, 0.2) is 5.65 Å². The Balaban J connectivity index is 1.77. The zero-order valence-electron chi connectivity index (χ0n) is 9.76. The Labute approximate surface area is 108 Å². The molecule has 0 radical (unpaired) electrons. The summed E-state index contributed by atoms with van der Waals surface area (Å²) < 4.78 is 9.53. The van der Waals surface area contributed by atoms with E-state index in [9.17, 15) is 4.79 Å². The molecular weight excluding hydrogens is 250 g/mol. The number of carbonyl (C=O) groups excluding carboxylic acids is 1. The topological polar surface area (TPSA) is 64.1 Å². The van der Waals surface area contributed by atoms with Crippen LogP contribution in [-0.2, 0) is 9.53 Å². The molecule has 0 spiro atoms. The molecule has 18 heavy (non-hydrogen) atoms. The second kappa shape index (κ2) is 4.99. The molecule has 1 fully saturated rings. The Morgan fingerprint density at radius 1 is 1.56 bits per heavy atom. The van der Waals surface area contributed by atoms with Gasteiger partial charge in [0.2, 0.25) is 5.91 Å². The fourth-order valence-electron chi connectivity index (χ4n) is 2.04. The maximum absolute atomic E-state index is 12.1. The third-order valence-corrected chi connectivity index (χ3v) is 3.79. The molecule has 1 amide bonds. The Morgan fingerprint density at radius 3 is 3.33 bits per heavy atom. The molecule has 0 saturated carbocycles. The lowest BCUT2D eigenvalue weighted by atomic mass is 10.0. The van der Waals surface area contributed by atoms with Gasteiger partial charge in [-0.25, -0.2) is 4.98 Å². The van der Waals surface area contributed by atoms with Crippen molar-refractivity contribution in [2.75, 3.05) is 18.5 Å². The number of nitrogens with zero attached hydrogens (tertiary/aromatic N) is 2. The number of rotatable bonds is 2. The highest BCUT2D eigenvalue weighted by Crippen LogP contribution is 2.27. The molecule has 0 unspecified atom stereocenters. The van der Waals surface area contributed by atoms with Gasteiger partial charge in [0.25, 0.3) is 0 Å². The van der Waals surface area contributed by atoms with E-state index in [1.54, 1.807) is 6.20 Å². The number of aromatic nitrogens is 2. The summed E-state index contributed by atoms with van der Waals surface area (Å²) in [6.45, 7) is 1.28. The number of anilines is 1. The van der Waals surface area contributed by atoms with Crippen LogP contribution in [0.4, 0.5) is 5.00 Å². The van der Waals surface area contributed by atoms with Crippen molar-refractivity contribution in [3.63, 3.8) is 0 Å². The zero-order valence-corrected chi connectivity index (χ0v) is 10.6. The second-order valence-electron chi connectivity index (χ2n) is 4.29. The minimum atomic E-state index is -0.0485. The van der Waals surface area contributed by atoms with Gasteiger partial charge in [0, 0.05) is 12.8 Å². The summed E-state index contributed by atoms with van der Waals surface area (Å²) in [6, 6.07) is 3.76. The molecule has 1 N–H and O–H groups in total. The van der Waals surface area contributed by atoms with Gasteiger partial charge in [-0.3, -0.25) is 4.79 Å². The van der Waals surface area contributed by atoms with Crippen LogP contribution in [0.3, 0.4) is 0 Å². The average Bonchev–Trinajstić information content (AvgIpc) is 2.83. The number of carbonyl (C=O) groups is 1. The number of pyridine rings is 1. The molecule has 6 heteroatoms. The largest absolute Gasteiger partial charge is 0.381 e. The molecule has 3 rings (SSSR count). The molecule has 1 atom stereocenters. The molecule has 0 aliphatic carbocycles. The summed E-state index contributed by atoms with van der Waals surface area (Å²) in [4.78, 5) is 16.2. The van der Waals surface area contributed by atoms with E-state index in [0.717, 1.165) is 29.8 Å². The number of fused-ring (bicyclic) bond motifs is 1. The van der Waals surface area contributed by atoms with Gasteiger partial charge in [-0.1, -0.05) is 0 Å². The Morgan fingerprint density at radius 2 is 2.50 bits per heavy atom. The number of ether oxygens (including phenoxy) is 1. The summed E-state index contributed by atoms with van der Waals surface area (Å²) in [5, 5.41) is 4.60. The van der Waals surface area contributed by atoms with E-state index in [2.05, 4.69) is 14.7 Å². The van der Waals surface area contributed by atoms with Gasteiger partial charge in [-0.15, -0.1) is 0 Å². The van der Waals surface area contributed by atoms with Gasteiger partial charge < -0.3 is 10.1 Å². The van der Waals surface area contributed by atoms with Gasteiger partial charge in [0.1, 0.15) is 5.00 Å². The minimum absolute atomic E-state index is 0.0177. The highest BCUT2D eigenvalue weighted by molar-refractivity contribution is 7.12. The number of amides is 1. The second-order valence-corrected chi connectivity index (χ2v) is 5.06. The van der Waals surface area contributed by atoms with Crippen molar-refractivity contribution in [2.24, 2.45) is 5.92 Å². The van der Waals surface area contributed by atoms with E-state index in [1.807, 2.05) is 12.1 Å². The van der Waals surface area contributed by atoms with Crippen LogP contribution in [-0.4, -0.2) is 28.5 Å². The van der Waals surface area contributed by atoms with E-state index >= 15 is 0 Å². The summed E-state index contributed by atoms with van der Waals surface area (Å²) in [5.41, 5.74) is 0.678. The Hall–Kier alpha value is -1.53. The predicted octanol–water partition coefficient (Wildman–Crippen LogP) is 2.06. The van der Waals surface area contributed by atoms with Gasteiger partial charge in [0.05, 0.1) is 17.9 Å². The standard InChI is InChI=1S/C12H13N3O2S/c16-11(8-3-2-6-17-7-8)14-12-9-4-1-5-13-10(9)15-18-12/h1,4-5,8H,2-3,6-7H2,(H,14,16)/t8-/m0/s1. The maximum atomic E-state index is 12.1. The number of hydrogen-bond acceptors (Lipinski definition) is 5. The predicted molar refractivity (Wildman–Crippen MR) is 69.6 cm³/mol. The highest BCUT2D eigenvalue weighted by Gasteiger charge is 2.22. The molecule has 1 saturated heterocycles. The van der Waals surface area contributed by atoms with Crippen molar-refractivity contribution < 1.29 is 9.53 Å². The first kappa shape index (κ1) is 11.6. The van der Waals surface area contributed by atoms with Gasteiger partial charge in [-0.05, 0) is 36.5 Å². The van der Waals surface area contributed by atoms with E-state index in [-0.39, 0.29) is 11.8 Å². The van der Waals surface area contributed by atoms with Crippen molar-refractivity contribution in [1.82, 2.24) is 9.36 Å². The van der Waals surface area contributed by atoms with E-state index in [1.165, 1.54) is 11.5 Å². The van der Waals surface area contributed by atoms with Crippen LogP contribution in [0.1, 0.15) is 12.8 Å². The first-order chi connectivity index (χ1) is 8.84. The summed E-state index contributed by atoms with van der Waals surface area (Å²) in [5.74, 6) is -0.0309. The third kappa shape index (κ3) is 2.21. The molecular formula is C12H13N3O2S.